The quantitative estimate of drug-likeness (QED) is 0.946. The van der Waals surface area contributed by atoms with Crippen molar-refractivity contribution in [1.29, 1.82) is 0 Å². The maximum Gasteiger partial charge on any atom is 0.125 e. The predicted octanol–water partition coefficient (Wildman–Crippen LogP) is 3.00. The largest absolute Gasteiger partial charge is 0.315 e. The smallest absolute Gasteiger partial charge is 0.125 e. The minimum atomic E-state index is 0.866. The van der Waals surface area contributed by atoms with Gasteiger partial charge in [-0.3, -0.25) is 4.98 Å². The van der Waals surface area contributed by atoms with Gasteiger partial charge in [-0.1, -0.05) is 0 Å². The van der Waals surface area contributed by atoms with Crippen LogP contribution in [-0.2, 0) is 6.54 Å². The summed E-state index contributed by atoms with van der Waals surface area (Å²) in [4.78, 5) is 9.98. The van der Waals surface area contributed by atoms with Gasteiger partial charge in [0.1, 0.15) is 5.01 Å². The summed E-state index contributed by atoms with van der Waals surface area (Å²) in [5, 5.41) is 4.17. The maximum atomic E-state index is 4.56. The fourth-order valence-electron chi connectivity index (χ4n) is 1.40. The molecule has 0 atom stereocenters. The van der Waals surface area contributed by atoms with Crippen LogP contribution >= 0.6 is 27.3 Å². The molecule has 16 heavy (non-hydrogen) atoms. The number of rotatable bonds is 3. The minimum Gasteiger partial charge on any atom is -0.315 e. The molecule has 0 fully saturated rings. The van der Waals surface area contributed by atoms with E-state index in [1.54, 1.807) is 17.5 Å². The molecule has 0 saturated heterocycles. The minimum absolute atomic E-state index is 0.866. The molecule has 2 heterocycles. The number of aryl methyl sites for hydroxylation is 1. The maximum absolute atomic E-state index is 4.56. The number of nitrogens with zero attached hydrogens (tertiary/aromatic N) is 2. The highest BCUT2D eigenvalue weighted by molar-refractivity contribution is 9.10. The van der Waals surface area contributed by atoms with Crippen molar-refractivity contribution in [2.45, 2.75) is 13.5 Å². The van der Waals surface area contributed by atoms with Crippen LogP contribution in [0, 0.1) is 6.92 Å². The highest BCUT2D eigenvalue weighted by Gasteiger charge is 2.09. The van der Waals surface area contributed by atoms with E-state index in [0.717, 1.165) is 27.3 Å². The molecule has 0 bridgehead atoms. The van der Waals surface area contributed by atoms with Crippen molar-refractivity contribution in [3.8, 4) is 10.6 Å². The SMILES string of the molecule is CNCc1sc(-c2cncc(Br)c2)nc1C. The summed E-state index contributed by atoms with van der Waals surface area (Å²) in [6.07, 6.45) is 3.62. The first-order valence-corrected chi connectivity index (χ1v) is 6.53. The molecule has 0 aliphatic carbocycles. The second kappa shape index (κ2) is 5.03. The van der Waals surface area contributed by atoms with Gasteiger partial charge in [0.05, 0.1) is 5.69 Å². The third-order valence-corrected chi connectivity index (χ3v) is 3.82. The monoisotopic (exact) mass is 297 g/mol. The average molecular weight is 298 g/mol. The number of hydrogen-bond donors (Lipinski definition) is 1. The number of hydrogen-bond acceptors (Lipinski definition) is 4. The van der Waals surface area contributed by atoms with Crippen molar-refractivity contribution < 1.29 is 0 Å². The fourth-order valence-corrected chi connectivity index (χ4v) is 2.83. The zero-order chi connectivity index (χ0) is 11.5. The van der Waals surface area contributed by atoms with Crippen LogP contribution in [0.2, 0.25) is 0 Å². The lowest BCUT2D eigenvalue weighted by atomic mass is 10.3. The highest BCUT2D eigenvalue weighted by atomic mass is 79.9. The van der Waals surface area contributed by atoms with E-state index >= 15 is 0 Å². The lowest BCUT2D eigenvalue weighted by Gasteiger charge is -1.95. The fraction of sp³-hybridized carbons (Fsp3) is 0.273. The second-order valence-electron chi connectivity index (χ2n) is 3.45. The van der Waals surface area contributed by atoms with Gasteiger partial charge in [-0.15, -0.1) is 11.3 Å². The Bertz CT molecular complexity index is 496. The summed E-state index contributed by atoms with van der Waals surface area (Å²) in [5.41, 5.74) is 2.15. The Labute approximate surface area is 107 Å². The zero-order valence-electron chi connectivity index (χ0n) is 9.12. The van der Waals surface area contributed by atoms with Crippen LogP contribution in [0.15, 0.2) is 22.9 Å². The number of aromatic nitrogens is 2. The van der Waals surface area contributed by atoms with E-state index in [2.05, 4.69) is 31.2 Å². The molecule has 0 unspecified atom stereocenters. The molecule has 0 radical (unpaired) electrons. The molecule has 2 aromatic heterocycles. The van der Waals surface area contributed by atoms with Crippen molar-refractivity contribution in [2.24, 2.45) is 0 Å². The first-order valence-electron chi connectivity index (χ1n) is 4.92. The van der Waals surface area contributed by atoms with Gasteiger partial charge < -0.3 is 5.32 Å². The molecule has 2 rings (SSSR count). The van der Waals surface area contributed by atoms with Gasteiger partial charge in [-0.2, -0.15) is 0 Å². The lowest BCUT2D eigenvalue weighted by molar-refractivity contribution is 0.823. The van der Waals surface area contributed by atoms with Crippen LogP contribution in [0.3, 0.4) is 0 Å². The Kier molecular flexibility index (Phi) is 3.68. The molecule has 3 nitrogen and oxygen atoms in total. The molecule has 0 spiro atoms. The Morgan fingerprint density at radius 2 is 2.25 bits per heavy atom. The Hall–Kier alpha value is -0.780. The second-order valence-corrected chi connectivity index (χ2v) is 5.45. The predicted molar refractivity (Wildman–Crippen MR) is 70.5 cm³/mol. The van der Waals surface area contributed by atoms with Crippen LogP contribution < -0.4 is 5.32 Å². The summed E-state index contributed by atoms with van der Waals surface area (Å²) in [7, 11) is 1.94. The topological polar surface area (TPSA) is 37.8 Å². The van der Waals surface area contributed by atoms with Gasteiger partial charge in [0, 0.05) is 33.9 Å². The van der Waals surface area contributed by atoms with E-state index in [1.807, 2.05) is 26.2 Å². The summed E-state index contributed by atoms with van der Waals surface area (Å²) >= 11 is 5.13. The molecule has 0 aliphatic heterocycles. The zero-order valence-corrected chi connectivity index (χ0v) is 11.5. The van der Waals surface area contributed by atoms with Gasteiger partial charge >= 0.3 is 0 Å². The molecule has 0 aliphatic rings. The summed E-state index contributed by atoms with van der Waals surface area (Å²) in [6.45, 7) is 2.91. The number of pyridine rings is 1. The average Bonchev–Trinajstić information content (AvgIpc) is 2.61. The van der Waals surface area contributed by atoms with E-state index in [-0.39, 0.29) is 0 Å². The van der Waals surface area contributed by atoms with Crippen molar-refractivity contribution in [2.75, 3.05) is 7.05 Å². The van der Waals surface area contributed by atoms with Crippen molar-refractivity contribution in [3.63, 3.8) is 0 Å². The van der Waals surface area contributed by atoms with Gasteiger partial charge in [-0.25, -0.2) is 4.98 Å². The normalized spacial score (nSPS) is 10.7. The molecule has 0 aromatic carbocycles. The molecular formula is C11H12BrN3S. The third kappa shape index (κ3) is 2.48. The van der Waals surface area contributed by atoms with Crippen LogP contribution in [-0.4, -0.2) is 17.0 Å². The van der Waals surface area contributed by atoms with E-state index in [0.29, 0.717) is 0 Å². The first kappa shape index (κ1) is 11.7. The van der Waals surface area contributed by atoms with Crippen molar-refractivity contribution in [1.82, 2.24) is 15.3 Å². The van der Waals surface area contributed by atoms with E-state index in [1.165, 1.54) is 4.88 Å². The first-order chi connectivity index (χ1) is 7.70. The Morgan fingerprint density at radius 1 is 1.44 bits per heavy atom. The van der Waals surface area contributed by atoms with Gasteiger partial charge in [0.15, 0.2) is 0 Å². The van der Waals surface area contributed by atoms with Gasteiger partial charge in [0.25, 0.3) is 0 Å². The number of halogens is 1. The number of thiazole rings is 1. The van der Waals surface area contributed by atoms with Gasteiger partial charge in [0.2, 0.25) is 0 Å². The lowest BCUT2D eigenvalue weighted by Crippen LogP contribution is -2.04. The van der Waals surface area contributed by atoms with E-state index < -0.39 is 0 Å². The summed E-state index contributed by atoms with van der Waals surface area (Å²) in [5.74, 6) is 0. The molecule has 84 valence electrons. The van der Waals surface area contributed by atoms with Crippen LogP contribution in [0.25, 0.3) is 10.6 Å². The molecule has 0 saturated carbocycles. The molecule has 2 aromatic rings. The van der Waals surface area contributed by atoms with Crippen LogP contribution in [0.1, 0.15) is 10.6 Å². The molecule has 5 heteroatoms. The Morgan fingerprint density at radius 3 is 2.94 bits per heavy atom. The number of nitrogens with one attached hydrogen (secondary N) is 1. The van der Waals surface area contributed by atoms with Crippen molar-refractivity contribution >= 4 is 27.3 Å². The van der Waals surface area contributed by atoms with Crippen molar-refractivity contribution in [3.05, 3.63) is 33.5 Å². The molecule has 0 amide bonds. The summed E-state index contributed by atoms with van der Waals surface area (Å²) < 4.78 is 0.980. The summed E-state index contributed by atoms with van der Waals surface area (Å²) in [6, 6.07) is 2.04. The van der Waals surface area contributed by atoms with E-state index in [4.69, 9.17) is 0 Å². The standard InChI is InChI=1S/C11H12BrN3S/c1-7-10(6-13-2)16-11(15-7)8-3-9(12)5-14-4-8/h3-5,13H,6H2,1-2H3. The molecular weight excluding hydrogens is 286 g/mol. The van der Waals surface area contributed by atoms with Gasteiger partial charge in [-0.05, 0) is 36.0 Å². The highest BCUT2D eigenvalue weighted by Crippen LogP contribution is 2.28. The third-order valence-electron chi connectivity index (χ3n) is 2.18. The van der Waals surface area contributed by atoms with Crippen LogP contribution in [0.4, 0.5) is 0 Å². The van der Waals surface area contributed by atoms with Crippen LogP contribution in [0.5, 0.6) is 0 Å². The van der Waals surface area contributed by atoms with E-state index in [9.17, 15) is 0 Å². The Balaban J connectivity index is 2.37. The molecule has 1 N–H and O–H groups in total.